The lowest BCUT2D eigenvalue weighted by Gasteiger charge is -2.18. The molecule has 1 heterocycles. The molecule has 1 aromatic heterocycles. The fourth-order valence-electron chi connectivity index (χ4n) is 2.14. The molecular formula is C17H23ClN4S. The number of aryl methyl sites for hydroxylation is 2. The normalized spacial score (nSPS) is 13.0. The molecule has 4 nitrogen and oxygen atoms in total. The largest absolute Gasteiger partial charge is 0.357 e. The maximum absolute atomic E-state index is 6.06. The minimum absolute atomic E-state index is 0.117. The molecule has 2 aromatic rings. The molecular weight excluding hydrogens is 328 g/mol. The summed E-state index contributed by atoms with van der Waals surface area (Å²) in [6.45, 7) is 9.66. The lowest BCUT2D eigenvalue weighted by Crippen LogP contribution is -2.38. The molecule has 2 N–H and O–H groups in total. The van der Waals surface area contributed by atoms with Crippen LogP contribution in [0.5, 0.6) is 0 Å². The topological polar surface area (TPSA) is 49.3 Å². The number of benzene rings is 1. The smallest absolute Gasteiger partial charge is 0.192 e. The zero-order valence-electron chi connectivity index (χ0n) is 14.0. The molecule has 0 bridgehead atoms. The van der Waals surface area contributed by atoms with Crippen LogP contribution in [0, 0.1) is 13.8 Å². The van der Waals surface area contributed by atoms with Crippen LogP contribution in [0.1, 0.15) is 41.0 Å². The molecule has 124 valence electrons. The Bertz CT molecular complexity index is 661. The molecule has 1 aromatic carbocycles. The molecule has 0 radical (unpaired) electrons. The molecule has 0 aliphatic heterocycles. The Balaban J connectivity index is 2.06. The zero-order chi connectivity index (χ0) is 16.8. The van der Waals surface area contributed by atoms with Crippen molar-refractivity contribution in [2.75, 3.05) is 6.54 Å². The van der Waals surface area contributed by atoms with Crippen molar-refractivity contribution in [3.05, 3.63) is 50.4 Å². The van der Waals surface area contributed by atoms with Crippen molar-refractivity contribution in [1.29, 1.82) is 0 Å². The maximum Gasteiger partial charge on any atom is 0.192 e. The first kappa shape index (κ1) is 17.8. The van der Waals surface area contributed by atoms with Crippen LogP contribution >= 0.6 is 22.9 Å². The average molecular weight is 351 g/mol. The Labute approximate surface area is 147 Å². The van der Waals surface area contributed by atoms with E-state index in [1.807, 2.05) is 25.1 Å². The molecule has 0 aliphatic rings. The summed E-state index contributed by atoms with van der Waals surface area (Å²) in [4.78, 5) is 10.4. The van der Waals surface area contributed by atoms with Gasteiger partial charge in [0, 0.05) is 16.4 Å². The van der Waals surface area contributed by atoms with Crippen molar-refractivity contribution < 1.29 is 0 Å². The number of rotatable bonds is 5. The standard InChI is InChI=1S/C17H23ClN4S/c1-5-19-17(20-10-16-21-11(2)13(4)23-16)22-12(3)14-7-6-8-15(18)9-14/h6-9,12H,5,10H2,1-4H3,(H2,19,20,22). The highest BCUT2D eigenvalue weighted by molar-refractivity contribution is 7.11. The monoisotopic (exact) mass is 350 g/mol. The van der Waals surface area contributed by atoms with Gasteiger partial charge in [-0.2, -0.15) is 0 Å². The molecule has 0 saturated carbocycles. The van der Waals surface area contributed by atoms with Gasteiger partial charge in [0.25, 0.3) is 0 Å². The third-order valence-corrected chi connectivity index (χ3v) is 4.78. The van der Waals surface area contributed by atoms with Crippen molar-refractivity contribution in [2.24, 2.45) is 4.99 Å². The molecule has 2 rings (SSSR count). The van der Waals surface area contributed by atoms with E-state index in [0.717, 1.165) is 33.8 Å². The van der Waals surface area contributed by atoms with Crippen LogP contribution in [0.15, 0.2) is 29.3 Å². The second-order valence-corrected chi connectivity index (χ2v) is 7.09. The highest BCUT2D eigenvalue weighted by atomic mass is 35.5. The first-order valence-corrected chi connectivity index (χ1v) is 8.92. The summed E-state index contributed by atoms with van der Waals surface area (Å²) in [6.07, 6.45) is 0. The van der Waals surface area contributed by atoms with Gasteiger partial charge in [0.15, 0.2) is 5.96 Å². The van der Waals surface area contributed by atoms with Crippen LogP contribution in [0.25, 0.3) is 0 Å². The lowest BCUT2D eigenvalue weighted by molar-refractivity contribution is 0.686. The van der Waals surface area contributed by atoms with Gasteiger partial charge in [0.05, 0.1) is 18.3 Å². The maximum atomic E-state index is 6.06. The van der Waals surface area contributed by atoms with E-state index in [9.17, 15) is 0 Å². The summed E-state index contributed by atoms with van der Waals surface area (Å²) in [5.41, 5.74) is 2.22. The Hall–Kier alpha value is -1.59. The zero-order valence-corrected chi connectivity index (χ0v) is 15.6. The van der Waals surface area contributed by atoms with Gasteiger partial charge in [-0.1, -0.05) is 23.7 Å². The number of nitrogens with one attached hydrogen (secondary N) is 2. The van der Waals surface area contributed by atoms with Crippen LogP contribution in [-0.2, 0) is 6.54 Å². The fraction of sp³-hybridized carbons (Fsp3) is 0.412. The Morgan fingerprint density at radius 2 is 2.17 bits per heavy atom. The average Bonchev–Trinajstić information content (AvgIpc) is 2.83. The summed E-state index contributed by atoms with van der Waals surface area (Å²) >= 11 is 7.76. The van der Waals surface area contributed by atoms with Gasteiger partial charge in [0.2, 0.25) is 0 Å². The van der Waals surface area contributed by atoms with E-state index >= 15 is 0 Å². The fourth-order valence-corrected chi connectivity index (χ4v) is 3.20. The summed E-state index contributed by atoms with van der Waals surface area (Å²) in [5.74, 6) is 0.783. The second kappa shape index (κ2) is 8.31. The molecule has 0 amide bonds. The quantitative estimate of drug-likeness (QED) is 0.626. The highest BCUT2D eigenvalue weighted by Crippen LogP contribution is 2.18. The van der Waals surface area contributed by atoms with Gasteiger partial charge < -0.3 is 10.6 Å². The Morgan fingerprint density at radius 3 is 2.78 bits per heavy atom. The van der Waals surface area contributed by atoms with E-state index in [-0.39, 0.29) is 6.04 Å². The number of aromatic nitrogens is 1. The Morgan fingerprint density at radius 1 is 1.39 bits per heavy atom. The van der Waals surface area contributed by atoms with Crippen molar-refractivity contribution >= 4 is 28.9 Å². The van der Waals surface area contributed by atoms with Crippen LogP contribution in [-0.4, -0.2) is 17.5 Å². The molecule has 0 fully saturated rings. The predicted molar refractivity (Wildman–Crippen MR) is 99.4 cm³/mol. The number of nitrogens with zero attached hydrogens (tertiary/aromatic N) is 2. The number of thiazole rings is 1. The molecule has 0 aliphatic carbocycles. The van der Waals surface area contributed by atoms with E-state index in [4.69, 9.17) is 11.6 Å². The summed E-state index contributed by atoms with van der Waals surface area (Å²) in [6, 6.07) is 7.98. The van der Waals surface area contributed by atoms with E-state index < -0.39 is 0 Å². The number of aliphatic imine (C=N–C) groups is 1. The van der Waals surface area contributed by atoms with Crippen molar-refractivity contribution in [2.45, 2.75) is 40.3 Å². The molecule has 0 spiro atoms. The summed E-state index contributed by atoms with van der Waals surface area (Å²) in [7, 11) is 0. The van der Waals surface area contributed by atoms with E-state index in [0.29, 0.717) is 6.54 Å². The van der Waals surface area contributed by atoms with Crippen molar-refractivity contribution in [3.8, 4) is 0 Å². The minimum Gasteiger partial charge on any atom is -0.357 e. The Kier molecular flexibility index (Phi) is 6.42. The van der Waals surface area contributed by atoms with Crippen LogP contribution in [0.3, 0.4) is 0 Å². The SMILES string of the molecule is CCNC(=NCc1nc(C)c(C)s1)NC(C)c1cccc(Cl)c1. The minimum atomic E-state index is 0.117. The third-order valence-electron chi connectivity index (χ3n) is 3.49. The predicted octanol–water partition coefficient (Wildman–Crippen LogP) is 4.23. The van der Waals surface area contributed by atoms with Crippen LogP contribution in [0.2, 0.25) is 5.02 Å². The van der Waals surface area contributed by atoms with Gasteiger partial charge in [-0.25, -0.2) is 9.98 Å². The van der Waals surface area contributed by atoms with Crippen molar-refractivity contribution in [1.82, 2.24) is 15.6 Å². The molecule has 1 unspecified atom stereocenters. The van der Waals surface area contributed by atoms with Gasteiger partial charge in [0.1, 0.15) is 5.01 Å². The molecule has 6 heteroatoms. The van der Waals surface area contributed by atoms with Crippen molar-refractivity contribution in [3.63, 3.8) is 0 Å². The summed E-state index contributed by atoms with van der Waals surface area (Å²) < 4.78 is 0. The number of hydrogen-bond donors (Lipinski definition) is 2. The van der Waals surface area contributed by atoms with Gasteiger partial charge in [-0.05, 0) is 45.4 Å². The second-order valence-electron chi connectivity index (χ2n) is 5.37. The highest BCUT2D eigenvalue weighted by Gasteiger charge is 2.09. The first-order chi connectivity index (χ1) is 11.0. The number of halogens is 1. The number of hydrogen-bond acceptors (Lipinski definition) is 3. The van der Waals surface area contributed by atoms with E-state index in [1.165, 1.54) is 4.88 Å². The van der Waals surface area contributed by atoms with Gasteiger partial charge >= 0.3 is 0 Å². The van der Waals surface area contributed by atoms with Gasteiger partial charge in [-0.3, -0.25) is 0 Å². The van der Waals surface area contributed by atoms with E-state index in [1.54, 1.807) is 11.3 Å². The summed E-state index contributed by atoms with van der Waals surface area (Å²) in [5, 5.41) is 8.46. The van der Waals surface area contributed by atoms with Crippen LogP contribution < -0.4 is 10.6 Å². The first-order valence-electron chi connectivity index (χ1n) is 7.72. The third kappa shape index (κ3) is 5.22. The van der Waals surface area contributed by atoms with Crippen LogP contribution in [0.4, 0.5) is 0 Å². The molecule has 1 atom stereocenters. The van der Waals surface area contributed by atoms with E-state index in [2.05, 4.69) is 47.4 Å². The molecule has 23 heavy (non-hydrogen) atoms. The van der Waals surface area contributed by atoms with Gasteiger partial charge in [-0.15, -0.1) is 11.3 Å². The lowest BCUT2D eigenvalue weighted by atomic mass is 10.1. The number of guanidine groups is 1. The molecule has 0 saturated heterocycles.